The van der Waals surface area contributed by atoms with Crippen LogP contribution in [0.3, 0.4) is 0 Å². The van der Waals surface area contributed by atoms with Crippen LogP contribution in [0, 0.1) is 29.1 Å². The molecule has 2 atom stereocenters. The van der Waals surface area contributed by atoms with Gasteiger partial charge in [0.25, 0.3) is 0 Å². The lowest BCUT2D eigenvalue weighted by molar-refractivity contribution is -0.188. The molecule has 38 heavy (non-hydrogen) atoms. The molecule has 1 aliphatic heterocycles. The lowest BCUT2D eigenvalue weighted by atomic mass is 9.69. The Kier molecular flexibility index (Phi) is 7.45. The van der Waals surface area contributed by atoms with Gasteiger partial charge in [0, 0.05) is 42.1 Å². The van der Waals surface area contributed by atoms with Crippen molar-refractivity contribution in [2.24, 2.45) is 5.92 Å². The Bertz CT molecular complexity index is 1360. The van der Waals surface area contributed by atoms with Crippen LogP contribution >= 0.6 is 0 Å². The number of rotatable bonds is 7. The van der Waals surface area contributed by atoms with Crippen LogP contribution in [0.2, 0.25) is 0 Å². The summed E-state index contributed by atoms with van der Waals surface area (Å²) < 4.78 is 19.4. The molecule has 10 heteroatoms. The zero-order valence-corrected chi connectivity index (χ0v) is 21.1. The van der Waals surface area contributed by atoms with E-state index < -0.39 is 11.6 Å². The first-order chi connectivity index (χ1) is 18.4. The highest BCUT2D eigenvalue weighted by Gasteiger charge is 2.45. The van der Waals surface area contributed by atoms with Crippen LogP contribution in [-0.4, -0.2) is 44.3 Å². The number of amides is 1. The minimum atomic E-state index is -1.19. The van der Waals surface area contributed by atoms with E-state index in [1.165, 1.54) is 0 Å². The van der Waals surface area contributed by atoms with Crippen LogP contribution in [0.15, 0.2) is 47.2 Å². The van der Waals surface area contributed by atoms with Crippen LogP contribution in [0.25, 0.3) is 11.3 Å². The summed E-state index contributed by atoms with van der Waals surface area (Å²) in [7, 11) is 0. The number of nitriles is 1. The minimum absolute atomic E-state index is 0.0191. The zero-order valence-electron chi connectivity index (χ0n) is 21.1. The Morgan fingerprint density at radius 2 is 2.16 bits per heavy atom. The van der Waals surface area contributed by atoms with Crippen molar-refractivity contribution in [2.75, 3.05) is 6.61 Å². The molecule has 2 fully saturated rings. The Balaban J connectivity index is 1.18. The lowest BCUT2D eigenvalue weighted by Gasteiger charge is -2.39. The van der Waals surface area contributed by atoms with Crippen LogP contribution in [-0.2, 0) is 16.0 Å². The highest BCUT2D eigenvalue weighted by Crippen LogP contribution is 2.37. The average molecular weight is 516 g/mol. The van der Waals surface area contributed by atoms with Crippen LogP contribution in [0.5, 0.6) is 0 Å². The molecular formula is C28H29N5O5. The number of carbonyl (C=O) groups is 1. The third-order valence-corrected chi connectivity index (χ3v) is 6.84. The van der Waals surface area contributed by atoms with E-state index in [4.69, 9.17) is 19.1 Å². The van der Waals surface area contributed by atoms with Crippen molar-refractivity contribution in [1.82, 2.24) is 20.0 Å². The second kappa shape index (κ2) is 11.1. The molecule has 1 aromatic carbocycles. The van der Waals surface area contributed by atoms with Crippen molar-refractivity contribution in [3.63, 3.8) is 0 Å². The fourth-order valence-corrected chi connectivity index (χ4v) is 4.83. The van der Waals surface area contributed by atoms with E-state index in [0.29, 0.717) is 25.1 Å². The van der Waals surface area contributed by atoms with Gasteiger partial charge in [-0.05, 0) is 63.3 Å². The number of imidazole rings is 1. The monoisotopic (exact) mass is 515 g/mol. The summed E-state index contributed by atoms with van der Waals surface area (Å²) in [4.78, 5) is 15.4. The molecule has 3 heterocycles. The van der Waals surface area contributed by atoms with E-state index in [1.54, 1.807) is 6.20 Å². The molecule has 5 rings (SSSR count). The number of nitrogens with zero attached hydrogens (tertiary/aromatic N) is 4. The van der Waals surface area contributed by atoms with Gasteiger partial charge in [-0.3, -0.25) is 0 Å². The highest BCUT2D eigenvalue weighted by molar-refractivity contribution is 5.67. The van der Waals surface area contributed by atoms with Crippen molar-refractivity contribution in [1.29, 1.82) is 5.26 Å². The fourth-order valence-electron chi connectivity index (χ4n) is 4.83. The summed E-state index contributed by atoms with van der Waals surface area (Å²) in [6.45, 7) is 3.22. The maximum absolute atomic E-state index is 10.9. The largest absolute Gasteiger partial charge is 0.465 e. The Labute approximate surface area is 220 Å². The van der Waals surface area contributed by atoms with Gasteiger partial charge in [-0.2, -0.15) is 5.26 Å². The van der Waals surface area contributed by atoms with Crippen molar-refractivity contribution in [2.45, 2.75) is 63.5 Å². The van der Waals surface area contributed by atoms with Gasteiger partial charge in [-0.1, -0.05) is 17.0 Å². The molecule has 1 saturated carbocycles. The summed E-state index contributed by atoms with van der Waals surface area (Å²) in [5.41, 5.74) is 1.45. The molecule has 2 unspecified atom stereocenters. The van der Waals surface area contributed by atoms with Crippen LogP contribution in [0.4, 0.5) is 4.79 Å². The van der Waals surface area contributed by atoms with E-state index in [-0.39, 0.29) is 18.3 Å². The Morgan fingerprint density at radius 3 is 2.87 bits per heavy atom. The lowest BCUT2D eigenvalue weighted by Crippen LogP contribution is -2.55. The SMILES string of the molecule is CC(OC1CCCCO1)c1nccn1Cc1cc(-c2ccc(C#CC3CC(C#N)(NC(=O)O)C3)cc2)on1. The third-order valence-electron chi connectivity index (χ3n) is 6.84. The molecular weight excluding hydrogens is 486 g/mol. The van der Waals surface area contributed by atoms with E-state index in [0.717, 1.165) is 48.5 Å². The standard InChI is InChI=1S/C28H29N5O5/c1-19(37-25-4-2-3-13-36-25)26-30-11-12-33(26)17-23-14-24(38-32-23)22-9-7-20(8-10-22)5-6-21-15-28(16-21,18-29)31-27(34)35/h7-12,14,19,21,25,31H,2-4,13,15-17H2,1H3,(H,34,35). The third kappa shape index (κ3) is 5.88. The molecule has 196 valence electrons. The number of benzene rings is 1. The predicted molar refractivity (Wildman–Crippen MR) is 135 cm³/mol. The molecule has 0 spiro atoms. The first-order valence-corrected chi connectivity index (χ1v) is 12.7. The molecule has 2 N–H and O–H groups in total. The van der Waals surface area contributed by atoms with E-state index in [1.807, 2.05) is 54.1 Å². The predicted octanol–water partition coefficient (Wildman–Crippen LogP) is 4.48. The summed E-state index contributed by atoms with van der Waals surface area (Å²) in [6, 6.07) is 11.6. The highest BCUT2D eigenvalue weighted by atomic mass is 16.7. The van der Waals surface area contributed by atoms with Crippen LogP contribution < -0.4 is 5.32 Å². The second-order valence-corrected chi connectivity index (χ2v) is 9.75. The number of aromatic nitrogens is 3. The van der Waals surface area contributed by atoms with E-state index in [2.05, 4.69) is 27.3 Å². The number of nitrogens with one attached hydrogen (secondary N) is 1. The fraction of sp³-hybridized carbons (Fsp3) is 0.429. The van der Waals surface area contributed by atoms with Gasteiger partial charge in [0.1, 0.15) is 23.2 Å². The number of hydrogen-bond donors (Lipinski definition) is 2. The first kappa shape index (κ1) is 25.5. The minimum Gasteiger partial charge on any atom is -0.465 e. The molecule has 10 nitrogen and oxygen atoms in total. The molecule has 2 aromatic heterocycles. The normalized spacial score (nSPS) is 23.4. The van der Waals surface area contributed by atoms with Crippen molar-refractivity contribution >= 4 is 6.09 Å². The smallest absolute Gasteiger partial charge is 0.405 e. The first-order valence-electron chi connectivity index (χ1n) is 12.7. The molecule has 1 amide bonds. The topological polar surface area (TPSA) is 135 Å². The van der Waals surface area contributed by atoms with Gasteiger partial charge < -0.3 is 29.0 Å². The van der Waals surface area contributed by atoms with E-state index in [9.17, 15) is 10.1 Å². The van der Waals surface area contributed by atoms with Gasteiger partial charge >= 0.3 is 6.09 Å². The van der Waals surface area contributed by atoms with Gasteiger partial charge in [-0.15, -0.1) is 0 Å². The Hall–Kier alpha value is -4.12. The average Bonchev–Trinajstić information content (AvgIpc) is 3.56. The number of carboxylic acid groups (broad SMARTS) is 1. The van der Waals surface area contributed by atoms with Crippen LogP contribution in [0.1, 0.15) is 62.2 Å². The van der Waals surface area contributed by atoms with Crippen molar-refractivity contribution in [3.8, 4) is 29.2 Å². The zero-order chi connectivity index (χ0) is 26.5. The Morgan fingerprint density at radius 1 is 1.34 bits per heavy atom. The maximum Gasteiger partial charge on any atom is 0.405 e. The van der Waals surface area contributed by atoms with Gasteiger partial charge in [0.05, 0.1) is 12.6 Å². The molecule has 0 bridgehead atoms. The summed E-state index contributed by atoms with van der Waals surface area (Å²) in [5.74, 6) is 7.68. The molecule has 0 radical (unpaired) electrons. The van der Waals surface area contributed by atoms with E-state index >= 15 is 0 Å². The molecule has 2 aliphatic rings. The molecule has 1 saturated heterocycles. The summed E-state index contributed by atoms with van der Waals surface area (Å²) in [5, 5.41) is 24.7. The maximum atomic E-state index is 10.9. The number of ether oxygens (including phenoxy) is 2. The van der Waals surface area contributed by atoms with Crippen molar-refractivity contribution < 1.29 is 23.9 Å². The quantitative estimate of drug-likeness (QED) is 0.440. The summed E-state index contributed by atoms with van der Waals surface area (Å²) >= 11 is 0. The molecule has 1 aliphatic carbocycles. The number of hydrogen-bond acceptors (Lipinski definition) is 7. The molecule has 3 aromatic rings. The summed E-state index contributed by atoms with van der Waals surface area (Å²) in [6.07, 6.45) is 5.92. The second-order valence-electron chi connectivity index (χ2n) is 9.75. The van der Waals surface area contributed by atoms with Gasteiger partial charge in [-0.25, -0.2) is 9.78 Å². The van der Waals surface area contributed by atoms with Gasteiger partial charge in [0.15, 0.2) is 12.1 Å². The van der Waals surface area contributed by atoms with Crippen molar-refractivity contribution in [3.05, 3.63) is 59.8 Å². The van der Waals surface area contributed by atoms with Gasteiger partial charge in [0.2, 0.25) is 0 Å².